The molecule has 1 atom stereocenters. The molecule has 0 aromatic carbocycles. The number of carboxylic acids is 2. The van der Waals surface area contributed by atoms with Gasteiger partial charge in [0.2, 0.25) is 0 Å². The van der Waals surface area contributed by atoms with Crippen molar-refractivity contribution in [3.05, 3.63) is 0 Å². The third kappa shape index (κ3) is 21.2. The second kappa shape index (κ2) is 15.3. The Bertz CT molecular complexity index is 184. The van der Waals surface area contributed by atoms with Gasteiger partial charge >= 0.3 is 29.0 Å². The van der Waals surface area contributed by atoms with Gasteiger partial charge in [-0.2, -0.15) is 0 Å². The molecule has 0 saturated heterocycles. The SMILES string of the molecule is CC(O)CN(CC(=O)O)CC(=O)O.O.O.O.[Mn+2]. The molecule has 105 valence electrons. The van der Waals surface area contributed by atoms with E-state index >= 15 is 0 Å². The molecule has 10 heteroatoms. The topological polar surface area (TPSA) is 193 Å². The molecule has 0 fully saturated rings. The molecule has 0 heterocycles. The van der Waals surface area contributed by atoms with Crippen molar-refractivity contribution in [1.29, 1.82) is 0 Å². The zero-order chi connectivity index (χ0) is 10.4. The molecule has 1 unspecified atom stereocenters. The van der Waals surface area contributed by atoms with Gasteiger partial charge in [0, 0.05) is 6.54 Å². The van der Waals surface area contributed by atoms with Crippen LogP contribution in [0.3, 0.4) is 0 Å². The van der Waals surface area contributed by atoms with Crippen molar-refractivity contribution in [2.75, 3.05) is 19.6 Å². The molecule has 0 spiro atoms. The van der Waals surface area contributed by atoms with Gasteiger partial charge in [0.1, 0.15) is 0 Å². The van der Waals surface area contributed by atoms with E-state index in [2.05, 4.69) is 0 Å². The summed E-state index contributed by atoms with van der Waals surface area (Å²) in [6.45, 7) is 0.754. The Morgan fingerprint density at radius 1 is 1.06 bits per heavy atom. The van der Waals surface area contributed by atoms with Gasteiger partial charge in [0.15, 0.2) is 0 Å². The van der Waals surface area contributed by atoms with Crippen molar-refractivity contribution in [2.45, 2.75) is 13.0 Å². The van der Waals surface area contributed by atoms with Crippen LogP contribution in [0, 0.1) is 0 Å². The van der Waals surface area contributed by atoms with Gasteiger partial charge in [0.05, 0.1) is 19.2 Å². The molecule has 0 aromatic rings. The average Bonchev–Trinajstić information content (AvgIpc) is 1.80. The smallest absolute Gasteiger partial charge is 0.480 e. The van der Waals surface area contributed by atoms with Crippen LogP contribution in [0.4, 0.5) is 0 Å². The summed E-state index contributed by atoms with van der Waals surface area (Å²) in [5, 5.41) is 25.7. The van der Waals surface area contributed by atoms with E-state index in [0.29, 0.717) is 0 Å². The molecular formula is C7H19MnNO8+2. The maximum atomic E-state index is 10.3. The number of hydrogen-bond donors (Lipinski definition) is 3. The maximum Gasteiger partial charge on any atom is 2.00 e. The first-order valence-electron chi connectivity index (χ1n) is 3.76. The van der Waals surface area contributed by atoms with E-state index in [1.54, 1.807) is 0 Å². The second-order valence-corrected chi connectivity index (χ2v) is 2.81. The van der Waals surface area contributed by atoms with Crippen molar-refractivity contribution < 1.29 is 58.4 Å². The molecule has 0 saturated carbocycles. The molecule has 0 amide bonds. The quantitative estimate of drug-likeness (QED) is 0.423. The summed E-state index contributed by atoms with van der Waals surface area (Å²) in [6, 6.07) is 0. The predicted molar refractivity (Wildman–Crippen MR) is 54.2 cm³/mol. The van der Waals surface area contributed by atoms with Crippen molar-refractivity contribution in [3.8, 4) is 0 Å². The molecule has 0 aliphatic carbocycles. The van der Waals surface area contributed by atoms with E-state index < -0.39 is 18.0 Å². The molecule has 0 bridgehead atoms. The molecule has 1 radical (unpaired) electrons. The molecule has 17 heavy (non-hydrogen) atoms. The Morgan fingerprint density at radius 2 is 1.35 bits per heavy atom. The number of carbonyl (C=O) groups is 2. The van der Waals surface area contributed by atoms with Crippen LogP contribution in [0.2, 0.25) is 0 Å². The predicted octanol–water partition coefficient (Wildman–Crippen LogP) is -3.64. The van der Waals surface area contributed by atoms with Crippen LogP contribution in [-0.2, 0) is 26.7 Å². The fraction of sp³-hybridized carbons (Fsp3) is 0.714. The van der Waals surface area contributed by atoms with E-state index in [-0.39, 0.29) is 53.1 Å². The molecule has 0 aromatic heterocycles. The molecule has 0 aliphatic heterocycles. The zero-order valence-corrected chi connectivity index (χ0v) is 10.4. The number of aliphatic carboxylic acids is 2. The van der Waals surface area contributed by atoms with Crippen LogP contribution in [0.15, 0.2) is 0 Å². The molecule has 0 rings (SSSR count). The first-order chi connectivity index (χ1) is 5.91. The van der Waals surface area contributed by atoms with Gasteiger partial charge < -0.3 is 31.7 Å². The summed E-state index contributed by atoms with van der Waals surface area (Å²) in [6.07, 6.45) is -0.737. The largest absolute Gasteiger partial charge is 2.00 e. The molecule has 9 N–H and O–H groups in total. The summed E-state index contributed by atoms with van der Waals surface area (Å²) in [4.78, 5) is 21.7. The summed E-state index contributed by atoms with van der Waals surface area (Å²) < 4.78 is 0. The van der Waals surface area contributed by atoms with E-state index in [1.165, 1.54) is 6.92 Å². The maximum absolute atomic E-state index is 10.3. The number of nitrogens with zero attached hydrogens (tertiary/aromatic N) is 1. The Morgan fingerprint density at radius 3 is 1.53 bits per heavy atom. The van der Waals surface area contributed by atoms with Gasteiger partial charge in [0.25, 0.3) is 0 Å². The third-order valence-electron chi connectivity index (χ3n) is 1.24. The normalized spacial score (nSPS) is 9.82. The van der Waals surface area contributed by atoms with Gasteiger partial charge in [-0.1, -0.05) is 0 Å². The zero-order valence-electron chi connectivity index (χ0n) is 9.18. The van der Waals surface area contributed by atoms with Gasteiger partial charge in [-0.3, -0.25) is 14.5 Å². The third-order valence-corrected chi connectivity index (χ3v) is 1.24. The fourth-order valence-corrected chi connectivity index (χ4v) is 0.941. The number of aliphatic hydroxyl groups excluding tert-OH is 1. The Labute approximate surface area is 108 Å². The number of aliphatic hydroxyl groups is 1. The standard InChI is InChI=1S/C7H13NO5.Mn.3H2O/c1-5(9)2-8(3-6(10)11)4-7(12)13;;;;/h5,9H,2-4H2,1H3,(H,10,11)(H,12,13);;3*1H2/q;+2;;;. The summed E-state index contributed by atoms with van der Waals surface area (Å²) in [5.41, 5.74) is 0. The van der Waals surface area contributed by atoms with Gasteiger partial charge in [-0.25, -0.2) is 0 Å². The van der Waals surface area contributed by atoms with Crippen LogP contribution in [0.25, 0.3) is 0 Å². The monoisotopic (exact) mass is 300 g/mol. The minimum absolute atomic E-state index is 0. The first-order valence-corrected chi connectivity index (χ1v) is 3.76. The average molecular weight is 300 g/mol. The van der Waals surface area contributed by atoms with Gasteiger partial charge in [-0.05, 0) is 6.92 Å². The van der Waals surface area contributed by atoms with E-state index in [1.807, 2.05) is 0 Å². The number of carboxylic acid groups (broad SMARTS) is 2. The Kier molecular flexibility index (Phi) is 26.8. The molecule has 0 aliphatic rings. The molecule has 9 nitrogen and oxygen atoms in total. The van der Waals surface area contributed by atoms with Crippen molar-refractivity contribution in [1.82, 2.24) is 4.90 Å². The Balaban J connectivity index is -0.000000120. The number of hydrogen-bond acceptors (Lipinski definition) is 4. The fourth-order valence-electron chi connectivity index (χ4n) is 0.941. The number of rotatable bonds is 6. The summed E-state index contributed by atoms with van der Waals surface area (Å²) >= 11 is 0. The van der Waals surface area contributed by atoms with Crippen LogP contribution < -0.4 is 0 Å². The van der Waals surface area contributed by atoms with Crippen molar-refractivity contribution >= 4 is 11.9 Å². The first kappa shape index (κ1) is 29.9. The van der Waals surface area contributed by atoms with Crippen LogP contribution in [-0.4, -0.2) is 74.3 Å². The van der Waals surface area contributed by atoms with Crippen molar-refractivity contribution in [3.63, 3.8) is 0 Å². The van der Waals surface area contributed by atoms with E-state index in [0.717, 1.165) is 4.90 Å². The van der Waals surface area contributed by atoms with E-state index in [4.69, 9.17) is 15.3 Å². The van der Waals surface area contributed by atoms with Crippen LogP contribution >= 0.6 is 0 Å². The van der Waals surface area contributed by atoms with E-state index in [9.17, 15) is 9.59 Å². The molecular weight excluding hydrogens is 281 g/mol. The second-order valence-electron chi connectivity index (χ2n) is 2.81. The minimum Gasteiger partial charge on any atom is -0.480 e. The summed E-state index contributed by atoms with van der Waals surface area (Å²) in [5.74, 6) is -2.22. The van der Waals surface area contributed by atoms with Crippen molar-refractivity contribution in [2.24, 2.45) is 0 Å². The van der Waals surface area contributed by atoms with Gasteiger partial charge in [-0.15, -0.1) is 0 Å². The van der Waals surface area contributed by atoms with Crippen LogP contribution in [0.5, 0.6) is 0 Å². The minimum atomic E-state index is -1.11. The van der Waals surface area contributed by atoms with Crippen LogP contribution in [0.1, 0.15) is 6.92 Å². The summed E-state index contributed by atoms with van der Waals surface area (Å²) in [7, 11) is 0. The Hall–Kier alpha value is -0.741.